The first-order valence-electron chi connectivity index (χ1n) is 6.09. The number of aliphatic hydroxyl groups excluding tert-OH is 1. The van der Waals surface area contributed by atoms with Crippen LogP contribution in [-0.4, -0.2) is 11.0 Å². The van der Waals surface area contributed by atoms with E-state index in [4.69, 9.17) is 0 Å². The Morgan fingerprint density at radius 3 is 2.71 bits per heavy atom. The van der Waals surface area contributed by atoms with Crippen molar-refractivity contribution in [2.75, 3.05) is 0 Å². The van der Waals surface area contributed by atoms with E-state index in [2.05, 4.69) is 0 Å². The molecule has 0 amide bonds. The first-order chi connectivity index (χ1) is 7.98. The molecule has 2 unspecified atom stereocenters. The fourth-order valence-corrected chi connectivity index (χ4v) is 2.65. The third-order valence-electron chi connectivity index (χ3n) is 3.61. The lowest BCUT2D eigenvalue weighted by atomic mass is 9.93. The van der Waals surface area contributed by atoms with Crippen molar-refractivity contribution < 1.29 is 13.9 Å². The molecule has 94 valence electrons. The van der Waals surface area contributed by atoms with Crippen LogP contribution < -0.4 is 0 Å². The molecule has 0 heterocycles. The molecular weight excluding hydrogens is 222 g/mol. The summed E-state index contributed by atoms with van der Waals surface area (Å²) in [6, 6.07) is 7.58. The molecule has 1 saturated carbocycles. The van der Waals surface area contributed by atoms with Crippen molar-refractivity contribution in [3.05, 3.63) is 35.4 Å². The molecule has 1 aromatic rings. The van der Waals surface area contributed by atoms with Crippen molar-refractivity contribution in [1.82, 2.24) is 0 Å². The average molecular weight is 240 g/mol. The van der Waals surface area contributed by atoms with Gasteiger partial charge in [0.25, 0.3) is 0 Å². The van der Waals surface area contributed by atoms with Crippen LogP contribution in [-0.2, 0) is 0 Å². The predicted molar refractivity (Wildman–Crippen MR) is 63.0 cm³/mol. The summed E-state index contributed by atoms with van der Waals surface area (Å²) in [5.74, 6) is -2.57. The van der Waals surface area contributed by atoms with Crippen molar-refractivity contribution in [2.45, 2.75) is 44.6 Å². The van der Waals surface area contributed by atoms with E-state index in [1.165, 1.54) is 0 Å². The van der Waals surface area contributed by atoms with E-state index >= 15 is 0 Å². The zero-order chi connectivity index (χ0) is 12.5. The SMILES string of the molecule is Cc1ccccc1C(O)CC1CCC(F)(F)C1. The molecule has 2 atom stereocenters. The zero-order valence-corrected chi connectivity index (χ0v) is 10.00. The molecule has 3 heteroatoms. The minimum Gasteiger partial charge on any atom is -0.388 e. The minimum atomic E-state index is -2.52. The highest BCUT2D eigenvalue weighted by molar-refractivity contribution is 5.27. The normalized spacial score (nSPS) is 24.8. The zero-order valence-electron chi connectivity index (χ0n) is 10.00. The van der Waals surface area contributed by atoms with E-state index in [1.54, 1.807) is 0 Å². The number of halogens is 2. The van der Waals surface area contributed by atoms with E-state index < -0.39 is 12.0 Å². The summed E-state index contributed by atoms with van der Waals surface area (Å²) < 4.78 is 26.1. The quantitative estimate of drug-likeness (QED) is 0.850. The van der Waals surface area contributed by atoms with E-state index in [0.717, 1.165) is 11.1 Å². The van der Waals surface area contributed by atoms with Gasteiger partial charge in [0.2, 0.25) is 5.92 Å². The van der Waals surface area contributed by atoms with Gasteiger partial charge in [-0.3, -0.25) is 0 Å². The number of hydrogen-bond donors (Lipinski definition) is 1. The Morgan fingerprint density at radius 2 is 2.12 bits per heavy atom. The molecule has 1 N–H and O–H groups in total. The smallest absolute Gasteiger partial charge is 0.248 e. The number of rotatable bonds is 3. The van der Waals surface area contributed by atoms with Crippen LogP contribution in [0.3, 0.4) is 0 Å². The maximum atomic E-state index is 13.0. The molecule has 1 nitrogen and oxygen atoms in total. The highest BCUT2D eigenvalue weighted by Crippen LogP contribution is 2.42. The summed E-state index contributed by atoms with van der Waals surface area (Å²) in [6.45, 7) is 1.93. The van der Waals surface area contributed by atoms with Crippen molar-refractivity contribution in [3.63, 3.8) is 0 Å². The number of alkyl halides is 2. The van der Waals surface area contributed by atoms with Crippen molar-refractivity contribution in [3.8, 4) is 0 Å². The summed E-state index contributed by atoms with van der Waals surface area (Å²) in [4.78, 5) is 0. The lowest BCUT2D eigenvalue weighted by Gasteiger charge is -2.17. The van der Waals surface area contributed by atoms with Crippen LogP contribution in [0.2, 0.25) is 0 Å². The van der Waals surface area contributed by atoms with Gasteiger partial charge < -0.3 is 5.11 Å². The number of aliphatic hydroxyl groups is 1. The van der Waals surface area contributed by atoms with Gasteiger partial charge in [0.15, 0.2) is 0 Å². The third-order valence-corrected chi connectivity index (χ3v) is 3.61. The van der Waals surface area contributed by atoms with E-state index in [-0.39, 0.29) is 18.8 Å². The molecule has 1 fully saturated rings. The molecule has 0 saturated heterocycles. The number of aryl methyl sites for hydroxylation is 1. The molecule has 1 aliphatic carbocycles. The van der Waals surface area contributed by atoms with Gasteiger partial charge in [-0.1, -0.05) is 24.3 Å². The van der Waals surface area contributed by atoms with Gasteiger partial charge in [-0.25, -0.2) is 8.78 Å². The van der Waals surface area contributed by atoms with Gasteiger partial charge in [-0.15, -0.1) is 0 Å². The van der Waals surface area contributed by atoms with Crippen LogP contribution in [0.1, 0.15) is 42.9 Å². The first-order valence-corrected chi connectivity index (χ1v) is 6.09. The average Bonchev–Trinajstić information content (AvgIpc) is 2.58. The topological polar surface area (TPSA) is 20.2 Å². The fourth-order valence-electron chi connectivity index (χ4n) is 2.65. The Kier molecular flexibility index (Phi) is 3.48. The summed E-state index contributed by atoms with van der Waals surface area (Å²) >= 11 is 0. The molecule has 1 aromatic carbocycles. The monoisotopic (exact) mass is 240 g/mol. The van der Waals surface area contributed by atoms with E-state index in [1.807, 2.05) is 31.2 Å². The number of benzene rings is 1. The van der Waals surface area contributed by atoms with Crippen LogP contribution in [0.25, 0.3) is 0 Å². The van der Waals surface area contributed by atoms with Gasteiger partial charge in [0, 0.05) is 12.8 Å². The highest BCUT2D eigenvalue weighted by atomic mass is 19.3. The Bertz CT molecular complexity index is 390. The molecule has 0 radical (unpaired) electrons. The maximum absolute atomic E-state index is 13.0. The maximum Gasteiger partial charge on any atom is 0.248 e. The van der Waals surface area contributed by atoms with Crippen molar-refractivity contribution in [2.24, 2.45) is 5.92 Å². The van der Waals surface area contributed by atoms with Crippen LogP contribution in [0.15, 0.2) is 24.3 Å². The summed E-state index contributed by atoms with van der Waals surface area (Å²) in [6.07, 6.45) is 0.250. The molecule has 0 spiro atoms. The van der Waals surface area contributed by atoms with Gasteiger partial charge in [0.1, 0.15) is 0 Å². The van der Waals surface area contributed by atoms with Gasteiger partial charge in [-0.2, -0.15) is 0 Å². The summed E-state index contributed by atoms with van der Waals surface area (Å²) in [5.41, 5.74) is 1.88. The Hall–Kier alpha value is -0.960. The lowest BCUT2D eigenvalue weighted by molar-refractivity contribution is 0.00254. The van der Waals surface area contributed by atoms with E-state index in [9.17, 15) is 13.9 Å². The largest absolute Gasteiger partial charge is 0.388 e. The molecule has 0 bridgehead atoms. The van der Waals surface area contributed by atoms with Crippen molar-refractivity contribution in [1.29, 1.82) is 0 Å². The van der Waals surface area contributed by atoms with Crippen molar-refractivity contribution >= 4 is 0 Å². The minimum absolute atomic E-state index is 0.0296. The lowest BCUT2D eigenvalue weighted by Crippen LogP contribution is -2.11. The second-order valence-corrected chi connectivity index (χ2v) is 5.07. The Labute approximate surface area is 100 Å². The predicted octanol–water partition coefficient (Wildman–Crippen LogP) is 3.85. The Morgan fingerprint density at radius 1 is 1.41 bits per heavy atom. The summed E-state index contributed by atoms with van der Waals surface area (Å²) in [5, 5.41) is 10.1. The highest BCUT2D eigenvalue weighted by Gasteiger charge is 2.39. The van der Waals surface area contributed by atoms with Gasteiger partial charge in [0.05, 0.1) is 6.10 Å². The van der Waals surface area contributed by atoms with Crippen LogP contribution in [0.4, 0.5) is 8.78 Å². The van der Waals surface area contributed by atoms with Crippen LogP contribution >= 0.6 is 0 Å². The molecule has 2 rings (SSSR count). The first kappa shape index (κ1) is 12.5. The standard InChI is InChI=1S/C14H18F2O/c1-10-4-2-3-5-12(10)13(17)8-11-6-7-14(15,16)9-11/h2-5,11,13,17H,6-9H2,1H3. The third kappa shape index (κ3) is 3.03. The summed E-state index contributed by atoms with van der Waals surface area (Å²) in [7, 11) is 0. The van der Waals surface area contributed by atoms with Gasteiger partial charge >= 0.3 is 0 Å². The van der Waals surface area contributed by atoms with Crippen LogP contribution in [0.5, 0.6) is 0 Å². The molecule has 0 aromatic heterocycles. The fraction of sp³-hybridized carbons (Fsp3) is 0.571. The van der Waals surface area contributed by atoms with Crippen LogP contribution in [0, 0.1) is 12.8 Å². The number of hydrogen-bond acceptors (Lipinski definition) is 1. The molecular formula is C14H18F2O. The Balaban J connectivity index is 1.99. The van der Waals surface area contributed by atoms with Gasteiger partial charge in [-0.05, 0) is 36.8 Å². The second-order valence-electron chi connectivity index (χ2n) is 5.07. The molecule has 0 aliphatic heterocycles. The molecule has 1 aliphatic rings. The molecule has 17 heavy (non-hydrogen) atoms. The second kappa shape index (κ2) is 4.73. The van der Waals surface area contributed by atoms with E-state index in [0.29, 0.717) is 12.8 Å².